The summed E-state index contributed by atoms with van der Waals surface area (Å²) in [6, 6.07) is 6.96. The fourth-order valence-corrected chi connectivity index (χ4v) is 4.46. The van der Waals surface area contributed by atoms with Gasteiger partial charge in [0.15, 0.2) is 0 Å². The molecule has 2 heterocycles. The molecule has 4 rings (SSSR count). The predicted molar refractivity (Wildman–Crippen MR) is 84.2 cm³/mol. The van der Waals surface area contributed by atoms with Crippen LogP contribution in [0, 0.1) is 0 Å². The molecule has 0 bridgehead atoms. The van der Waals surface area contributed by atoms with Crippen LogP contribution in [0.5, 0.6) is 0 Å². The number of benzene rings is 1. The van der Waals surface area contributed by atoms with Crippen LogP contribution in [-0.2, 0) is 5.41 Å². The Morgan fingerprint density at radius 2 is 1.96 bits per heavy atom. The third-order valence-corrected chi connectivity index (χ3v) is 5.47. The second-order valence-electron chi connectivity index (χ2n) is 6.68. The molecule has 0 unspecified atom stereocenters. The van der Waals surface area contributed by atoms with Crippen molar-refractivity contribution in [1.82, 2.24) is 5.01 Å². The highest BCUT2D eigenvalue weighted by Crippen LogP contribution is 2.53. The van der Waals surface area contributed by atoms with Gasteiger partial charge in [0.25, 0.3) is 0 Å². The Kier molecular flexibility index (Phi) is 3.12. The smallest absolute Gasteiger partial charge is 0.292 e. The van der Waals surface area contributed by atoms with E-state index in [-0.39, 0.29) is 6.04 Å². The van der Waals surface area contributed by atoms with Crippen molar-refractivity contribution >= 4 is 11.3 Å². The first-order valence-corrected chi connectivity index (χ1v) is 8.17. The van der Waals surface area contributed by atoms with Crippen LogP contribution in [0.1, 0.15) is 43.7 Å². The molecule has 23 heavy (non-hydrogen) atoms. The first kappa shape index (κ1) is 14.8. The summed E-state index contributed by atoms with van der Waals surface area (Å²) in [5, 5.41) is 6.70. The van der Waals surface area contributed by atoms with Crippen molar-refractivity contribution in [2.24, 2.45) is 5.10 Å². The largest absolute Gasteiger partial charge is 0.416 e. The molecular formula is C18H19F3N2. The Hall–Kier alpha value is -1.78. The minimum atomic E-state index is -4.34. The van der Waals surface area contributed by atoms with Crippen LogP contribution >= 0.6 is 0 Å². The third-order valence-electron chi connectivity index (χ3n) is 5.47. The lowest BCUT2D eigenvalue weighted by Crippen LogP contribution is -2.44. The topological polar surface area (TPSA) is 15.6 Å². The van der Waals surface area contributed by atoms with Crippen LogP contribution in [0.3, 0.4) is 0 Å². The number of alkyl halides is 3. The highest BCUT2D eigenvalue weighted by Gasteiger charge is 2.56. The van der Waals surface area contributed by atoms with E-state index in [4.69, 9.17) is 0 Å². The summed E-state index contributed by atoms with van der Waals surface area (Å²) in [5.74, 6) is 0. The zero-order valence-electron chi connectivity index (χ0n) is 13.0. The van der Waals surface area contributed by atoms with E-state index in [2.05, 4.69) is 5.10 Å². The second kappa shape index (κ2) is 4.86. The van der Waals surface area contributed by atoms with Crippen molar-refractivity contribution in [3.8, 4) is 0 Å². The number of hydrazone groups is 1. The highest BCUT2D eigenvalue weighted by molar-refractivity contribution is 6.03. The Labute approximate surface area is 133 Å². The number of nitrogens with zero attached hydrogens (tertiary/aromatic N) is 2. The Bertz CT molecular complexity index is 704. The van der Waals surface area contributed by atoms with Gasteiger partial charge in [0.2, 0.25) is 0 Å². The maximum atomic E-state index is 13.6. The molecule has 3 aliphatic rings. The molecule has 1 aromatic rings. The van der Waals surface area contributed by atoms with E-state index in [1.54, 1.807) is 12.1 Å². The minimum Gasteiger partial charge on any atom is -0.292 e. The molecule has 1 fully saturated rings. The van der Waals surface area contributed by atoms with E-state index in [0.717, 1.165) is 43.5 Å². The van der Waals surface area contributed by atoms with Crippen LogP contribution in [0.25, 0.3) is 5.57 Å². The van der Waals surface area contributed by atoms with E-state index in [9.17, 15) is 13.2 Å². The van der Waals surface area contributed by atoms with Gasteiger partial charge in [-0.2, -0.15) is 18.3 Å². The van der Waals surface area contributed by atoms with E-state index >= 15 is 0 Å². The fourth-order valence-electron chi connectivity index (χ4n) is 4.46. The average Bonchev–Trinajstić information content (AvgIpc) is 2.87. The standard InChI is InChI=1S/C18H19F3N2/c1-12-17(16-9-3-2-6-10-23(16)22-12)11-15(18(19,20)21)13-7-4-5-8-14(13)17/h4-5,7-8,11,16H,2-3,6,9-10H2,1H3/t16-,17-/m1/s1. The second-order valence-corrected chi connectivity index (χ2v) is 6.68. The zero-order chi connectivity index (χ0) is 16.2. The van der Waals surface area contributed by atoms with E-state index in [1.807, 2.05) is 24.1 Å². The van der Waals surface area contributed by atoms with Gasteiger partial charge in [-0.05, 0) is 30.9 Å². The summed E-state index contributed by atoms with van der Waals surface area (Å²) in [6.45, 7) is 2.71. The van der Waals surface area contributed by atoms with E-state index < -0.39 is 17.2 Å². The molecule has 2 nitrogen and oxygen atoms in total. The van der Waals surface area contributed by atoms with Crippen molar-refractivity contribution in [3.05, 3.63) is 41.5 Å². The summed E-state index contributed by atoms with van der Waals surface area (Å²) in [7, 11) is 0. The van der Waals surface area contributed by atoms with Gasteiger partial charge in [-0.1, -0.05) is 43.2 Å². The Morgan fingerprint density at radius 1 is 1.17 bits per heavy atom. The number of hydrogen-bond donors (Lipinski definition) is 0. The predicted octanol–water partition coefficient (Wildman–Crippen LogP) is 4.52. The van der Waals surface area contributed by atoms with Crippen molar-refractivity contribution in [2.75, 3.05) is 6.54 Å². The average molecular weight is 320 g/mol. The molecule has 5 heteroatoms. The van der Waals surface area contributed by atoms with E-state index in [1.165, 1.54) is 6.08 Å². The molecule has 1 spiro atoms. The number of fused-ring (bicyclic) bond motifs is 4. The number of rotatable bonds is 0. The van der Waals surface area contributed by atoms with E-state index in [0.29, 0.717) is 5.56 Å². The molecule has 2 aliphatic heterocycles. The number of halogens is 3. The van der Waals surface area contributed by atoms with Gasteiger partial charge in [0, 0.05) is 6.54 Å². The maximum Gasteiger partial charge on any atom is 0.416 e. The summed E-state index contributed by atoms with van der Waals surface area (Å²) in [4.78, 5) is 0. The number of hydrogen-bond acceptors (Lipinski definition) is 2. The van der Waals surface area contributed by atoms with Gasteiger partial charge < -0.3 is 0 Å². The Morgan fingerprint density at radius 3 is 2.74 bits per heavy atom. The van der Waals surface area contributed by atoms with Crippen LogP contribution in [0.2, 0.25) is 0 Å². The van der Waals surface area contributed by atoms with Crippen LogP contribution in [0.4, 0.5) is 13.2 Å². The quantitative estimate of drug-likeness (QED) is 0.686. The molecule has 1 saturated heterocycles. The van der Waals surface area contributed by atoms with Crippen molar-refractivity contribution in [3.63, 3.8) is 0 Å². The number of allylic oxidation sites excluding steroid dienone is 1. The lowest BCUT2D eigenvalue weighted by Gasteiger charge is -2.34. The van der Waals surface area contributed by atoms with Gasteiger partial charge >= 0.3 is 6.18 Å². The lowest BCUT2D eigenvalue weighted by atomic mass is 9.72. The van der Waals surface area contributed by atoms with Crippen LogP contribution < -0.4 is 0 Å². The molecule has 1 aromatic carbocycles. The molecular weight excluding hydrogens is 301 g/mol. The van der Waals surface area contributed by atoms with Crippen molar-refractivity contribution in [1.29, 1.82) is 0 Å². The Balaban J connectivity index is 1.93. The first-order valence-electron chi connectivity index (χ1n) is 8.17. The molecule has 2 atom stereocenters. The summed E-state index contributed by atoms with van der Waals surface area (Å²) >= 11 is 0. The lowest BCUT2D eigenvalue weighted by molar-refractivity contribution is -0.0688. The molecule has 122 valence electrons. The third kappa shape index (κ3) is 1.98. The minimum absolute atomic E-state index is 0.00556. The molecule has 0 N–H and O–H groups in total. The highest BCUT2D eigenvalue weighted by atomic mass is 19.4. The van der Waals surface area contributed by atoms with Gasteiger partial charge in [-0.25, -0.2) is 0 Å². The normalized spacial score (nSPS) is 29.9. The maximum absolute atomic E-state index is 13.6. The first-order chi connectivity index (χ1) is 10.9. The zero-order valence-corrected chi connectivity index (χ0v) is 13.0. The molecule has 1 aliphatic carbocycles. The van der Waals surface area contributed by atoms with Crippen molar-refractivity contribution in [2.45, 2.75) is 50.2 Å². The fraction of sp³-hybridized carbons (Fsp3) is 0.500. The molecule has 0 saturated carbocycles. The SMILES string of the molecule is CC1=NN2CCCCC[C@@H]2[C@]12C=C(C(F)(F)F)c1ccccc12. The summed E-state index contributed by atoms with van der Waals surface area (Å²) in [5.41, 5.74) is 0.652. The van der Waals surface area contributed by atoms with Gasteiger partial charge in [-0.15, -0.1) is 0 Å². The van der Waals surface area contributed by atoms with Crippen LogP contribution in [0.15, 0.2) is 35.4 Å². The molecule has 0 radical (unpaired) electrons. The van der Waals surface area contributed by atoms with Crippen LogP contribution in [-0.4, -0.2) is 29.5 Å². The van der Waals surface area contributed by atoms with Crippen molar-refractivity contribution < 1.29 is 13.2 Å². The monoisotopic (exact) mass is 320 g/mol. The summed E-state index contributed by atoms with van der Waals surface area (Å²) < 4.78 is 40.8. The van der Waals surface area contributed by atoms with Gasteiger partial charge in [0.05, 0.1) is 22.7 Å². The van der Waals surface area contributed by atoms with Gasteiger partial charge in [0.1, 0.15) is 0 Å². The molecule has 0 amide bonds. The molecule has 0 aromatic heterocycles. The summed E-state index contributed by atoms with van der Waals surface area (Å²) in [6.07, 6.45) is 1.22. The van der Waals surface area contributed by atoms with Gasteiger partial charge in [-0.3, -0.25) is 5.01 Å².